The average molecular weight is 334 g/mol. The number of nitrogens with one attached hydrogen (secondary N) is 3. The summed E-state index contributed by atoms with van der Waals surface area (Å²) in [6.45, 7) is 2.96. The molecule has 0 spiro atoms. The number of H-pyrrole nitrogens is 1. The lowest BCUT2D eigenvalue weighted by molar-refractivity contribution is 0.968. The molecule has 0 aliphatic carbocycles. The predicted octanol–water partition coefficient (Wildman–Crippen LogP) is 3.10. The van der Waals surface area contributed by atoms with Gasteiger partial charge in [-0.05, 0) is 30.7 Å². The average Bonchev–Trinajstić information content (AvgIpc) is 3.30. The number of hydrogen-bond acceptors (Lipinski definition) is 6. The van der Waals surface area contributed by atoms with Gasteiger partial charge in [-0.2, -0.15) is 4.98 Å². The van der Waals surface area contributed by atoms with Crippen molar-refractivity contribution >= 4 is 28.6 Å². The summed E-state index contributed by atoms with van der Waals surface area (Å²) in [5.41, 5.74) is 3.41. The van der Waals surface area contributed by atoms with E-state index in [1.54, 1.807) is 12.5 Å². The van der Waals surface area contributed by atoms with Gasteiger partial charge in [0.15, 0.2) is 11.5 Å². The van der Waals surface area contributed by atoms with Crippen molar-refractivity contribution in [2.24, 2.45) is 0 Å². The summed E-state index contributed by atoms with van der Waals surface area (Å²) in [4.78, 5) is 20.3. The van der Waals surface area contributed by atoms with Gasteiger partial charge in [-0.25, -0.2) is 15.0 Å². The highest BCUT2D eigenvalue weighted by Gasteiger charge is 2.09. The van der Waals surface area contributed by atoms with Crippen LogP contribution in [-0.2, 0) is 0 Å². The third kappa shape index (κ3) is 3.14. The second-order valence-electron chi connectivity index (χ2n) is 5.57. The zero-order valence-electron chi connectivity index (χ0n) is 13.8. The van der Waals surface area contributed by atoms with E-state index in [0.29, 0.717) is 11.6 Å². The van der Waals surface area contributed by atoms with Crippen LogP contribution >= 0.6 is 0 Å². The minimum absolute atomic E-state index is 0.630. The van der Waals surface area contributed by atoms with E-state index >= 15 is 0 Å². The highest BCUT2D eigenvalue weighted by atomic mass is 15.2. The number of benzene rings is 1. The van der Waals surface area contributed by atoms with Gasteiger partial charge in [0.2, 0.25) is 5.95 Å². The molecule has 0 fully saturated rings. The topological polar surface area (TPSA) is 96.3 Å². The van der Waals surface area contributed by atoms with Gasteiger partial charge in [0.1, 0.15) is 11.8 Å². The second kappa shape index (κ2) is 6.60. The normalized spacial score (nSPS) is 10.9. The first-order valence-electron chi connectivity index (χ1n) is 8.13. The minimum Gasteiger partial charge on any atom is -0.368 e. The number of aromatic nitrogens is 6. The number of imidazole rings is 2. The van der Waals surface area contributed by atoms with Crippen LogP contribution < -0.4 is 10.6 Å². The van der Waals surface area contributed by atoms with E-state index in [9.17, 15) is 0 Å². The fourth-order valence-electron chi connectivity index (χ4n) is 2.53. The number of rotatable bonds is 6. The molecule has 3 heterocycles. The van der Waals surface area contributed by atoms with Crippen LogP contribution in [-0.4, -0.2) is 36.0 Å². The van der Waals surface area contributed by atoms with Crippen LogP contribution in [0.2, 0.25) is 0 Å². The van der Waals surface area contributed by atoms with Gasteiger partial charge < -0.3 is 20.2 Å². The SMILES string of the molecule is CCCNc1ncnc2nc(Nc3ccc(-n4ccnc4)cc3)[nH]c12. The van der Waals surface area contributed by atoms with Crippen molar-refractivity contribution in [2.45, 2.75) is 13.3 Å². The fourth-order valence-corrected chi connectivity index (χ4v) is 2.53. The van der Waals surface area contributed by atoms with E-state index in [-0.39, 0.29) is 0 Å². The van der Waals surface area contributed by atoms with E-state index in [0.717, 1.165) is 35.7 Å². The standard InChI is InChI=1S/C17H18N8/c1-2-7-19-15-14-16(21-10-20-15)24-17(23-14)22-12-3-5-13(6-4-12)25-9-8-18-11-25/h3-6,8-11H,2,7H2,1H3,(H3,19,20,21,22,23,24). The van der Waals surface area contributed by atoms with Crippen LogP contribution in [0.25, 0.3) is 16.9 Å². The Morgan fingerprint density at radius 2 is 2.04 bits per heavy atom. The number of fused-ring (bicyclic) bond motifs is 1. The van der Waals surface area contributed by atoms with Crippen molar-refractivity contribution < 1.29 is 0 Å². The van der Waals surface area contributed by atoms with Gasteiger partial charge in [0.25, 0.3) is 0 Å². The molecular weight excluding hydrogens is 316 g/mol. The van der Waals surface area contributed by atoms with E-state index in [1.165, 1.54) is 6.33 Å². The van der Waals surface area contributed by atoms with E-state index in [2.05, 4.69) is 42.5 Å². The molecule has 8 nitrogen and oxygen atoms in total. The summed E-state index contributed by atoms with van der Waals surface area (Å²) >= 11 is 0. The summed E-state index contributed by atoms with van der Waals surface area (Å²) in [6.07, 6.45) is 7.97. The molecule has 1 aromatic carbocycles. The first-order valence-corrected chi connectivity index (χ1v) is 8.13. The monoisotopic (exact) mass is 334 g/mol. The Kier molecular flexibility index (Phi) is 3.99. The number of nitrogens with zero attached hydrogens (tertiary/aromatic N) is 5. The third-order valence-electron chi connectivity index (χ3n) is 3.76. The van der Waals surface area contributed by atoms with Crippen molar-refractivity contribution in [3.05, 3.63) is 49.3 Å². The highest BCUT2D eigenvalue weighted by molar-refractivity contribution is 5.84. The Hall–Kier alpha value is -3.42. The lowest BCUT2D eigenvalue weighted by Crippen LogP contribution is -2.02. The van der Waals surface area contributed by atoms with Crippen molar-refractivity contribution in [1.29, 1.82) is 0 Å². The molecular formula is C17H18N8. The van der Waals surface area contributed by atoms with E-state index in [1.807, 2.05) is 35.0 Å². The van der Waals surface area contributed by atoms with Gasteiger partial charge >= 0.3 is 0 Å². The Morgan fingerprint density at radius 3 is 2.80 bits per heavy atom. The smallest absolute Gasteiger partial charge is 0.207 e. The number of hydrogen-bond donors (Lipinski definition) is 3. The van der Waals surface area contributed by atoms with Gasteiger partial charge in [-0.1, -0.05) is 6.92 Å². The molecule has 3 N–H and O–H groups in total. The molecule has 0 aliphatic heterocycles. The molecule has 126 valence electrons. The summed E-state index contributed by atoms with van der Waals surface area (Å²) in [6, 6.07) is 8.01. The maximum atomic E-state index is 4.48. The maximum Gasteiger partial charge on any atom is 0.207 e. The van der Waals surface area contributed by atoms with Crippen LogP contribution in [0.15, 0.2) is 49.3 Å². The van der Waals surface area contributed by atoms with Crippen LogP contribution in [0.3, 0.4) is 0 Å². The summed E-state index contributed by atoms with van der Waals surface area (Å²) in [5.74, 6) is 1.40. The molecule has 0 bridgehead atoms. The molecule has 3 aromatic heterocycles. The van der Waals surface area contributed by atoms with Gasteiger partial charge in [0, 0.05) is 30.3 Å². The van der Waals surface area contributed by atoms with Crippen molar-refractivity contribution in [3.8, 4) is 5.69 Å². The van der Waals surface area contributed by atoms with E-state index in [4.69, 9.17) is 0 Å². The Bertz CT molecular complexity index is 956. The highest BCUT2D eigenvalue weighted by Crippen LogP contribution is 2.22. The Balaban J connectivity index is 1.56. The van der Waals surface area contributed by atoms with Gasteiger partial charge in [-0.15, -0.1) is 0 Å². The van der Waals surface area contributed by atoms with Crippen molar-refractivity contribution in [1.82, 2.24) is 29.5 Å². The molecule has 8 heteroatoms. The summed E-state index contributed by atoms with van der Waals surface area (Å²) in [7, 11) is 0. The molecule has 25 heavy (non-hydrogen) atoms. The van der Waals surface area contributed by atoms with Crippen molar-refractivity contribution in [2.75, 3.05) is 17.2 Å². The van der Waals surface area contributed by atoms with Crippen LogP contribution in [0, 0.1) is 0 Å². The molecule has 0 aliphatic rings. The van der Waals surface area contributed by atoms with Gasteiger partial charge in [0.05, 0.1) is 6.33 Å². The largest absolute Gasteiger partial charge is 0.368 e. The van der Waals surface area contributed by atoms with Crippen molar-refractivity contribution in [3.63, 3.8) is 0 Å². The van der Waals surface area contributed by atoms with Gasteiger partial charge in [-0.3, -0.25) is 0 Å². The molecule has 0 radical (unpaired) electrons. The first-order chi connectivity index (χ1) is 12.3. The summed E-state index contributed by atoms with van der Waals surface area (Å²) < 4.78 is 1.95. The molecule has 4 rings (SSSR count). The molecule has 0 unspecified atom stereocenters. The lowest BCUT2D eigenvalue weighted by Gasteiger charge is -2.05. The minimum atomic E-state index is 0.630. The fraction of sp³-hybridized carbons (Fsp3) is 0.176. The molecule has 0 saturated carbocycles. The van der Waals surface area contributed by atoms with Crippen LogP contribution in [0.4, 0.5) is 17.5 Å². The first kappa shape index (κ1) is 15.1. The Labute approximate surface area is 144 Å². The molecule has 4 aromatic rings. The maximum absolute atomic E-state index is 4.48. The summed E-state index contributed by atoms with van der Waals surface area (Å²) in [5, 5.41) is 6.54. The number of aromatic amines is 1. The zero-order valence-corrected chi connectivity index (χ0v) is 13.8. The van der Waals surface area contributed by atoms with Crippen LogP contribution in [0.1, 0.15) is 13.3 Å². The lowest BCUT2D eigenvalue weighted by atomic mass is 10.3. The second-order valence-corrected chi connectivity index (χ2v) is 5.57. The van der Waals surface area contributed by atoms with Crippen LogP contribution in [0.5, 0.6) is 0 Å². The quantitative estimate of drug-likeness (QED) is 0.501. The molecule has 0 saturated heterocycles. The Morgan fingerprint density at radius 1 is 1.16 bits per heavy atom. The molecule has 0 atom stereocenters. The third-order valence-corrected chi connectivity index (χ3v) is 3.76. The zero-order chi connectivity index (χ0) is 17.1. The molecule has 0 amide bonds. The predicted molar refractivity (Wildman–Crippen MR) is 97.3 cm³/mol. The van der Waals surface area contributed by atoms with E-state index < -0.39 is 0 Å². The number of anilines is 3.